The van der Waals surface area contributed by atoms with E-state index in [2.05, 4.69) is 0 Å². The predicted molar refractivity (Wildman–Crippen MR) is 76.8 cm³/mol. The highest BCUT2D eigenvalue weighted by Crippen LogP contribution is 2.38. The van der Waals surface area contributed by atoms with E-state index in [-0.39, 0.29) is 0 Å². The van der Waals surface area contributed by atoms with Gasteiger partial charge in [0, 0.05) is 0 Å². The molecule has 0 spiro atoms. The van der Waals surface area contributed by atoms with Crippen molar-refractivity contribution in [3.05, 3.63) is 23.8 Å². The van der Waals surface area contributed by atoms with E-state index >= 15 is 0 Å². The average Bonchev–Trinajstić information content (AvgIpc) is 2.44. The average molecular weight is 295 g/mol. The molecule has 1 aromatic rings. The van der Waals surface area contributed by atoms with Gasteiger partial charge in [0.25, 0.3) is 0 Å². The standard InChI is InChI=1S/C15H21NO5/c1-16(2)7-8-21-15-12(19-3)9-11(5-6-14(17)18)10-13(15)20-4/h5-6,9-10H,7-8H2,1-4H3,(H,17,18)/b6-5+. The van der Waals surface area contributed by atoms with Crippen LogP contribution in [-0.4, -0.2) is 47.4 Å². The fraction of sp³-hybridized carbons (Fsp3) is 0.400. The van der Waals surface area contributed by atoms with Gasteiger partial charge in [0.15, 0.2) is 11.5 Å². The second kappa shape index (κ2) is 8.16. The zero-order valence-corrected chi connectivity index (χ0v) is 12.8. The van der Waals surface area contributed by atoms with Gasteiger partial charge >= 0.3 is 0 Å². The van der Waals surface area contributed by atoms with Crippen molar-refractivity contribution in [3.8, 4) is 17.2 Å². The predicted octanol–water partition coefficient (Wildman–Crippen LogP) is -1.01. The number of ether oxygens (including phenoxy) is 3. The van der Waals surface area contributed by atoms with Gasteiger partial charge < -0.3 is 29.0 Å². The van der Waals surface area contributed by atoms with Gasteiger partial charge in [-0.05, 0) is 23.8 Å². The van der Waals surface area contributed by atoms with Crippen LogP contribution in [0.1, 0.15) is 5.56 Å². The van der Waals surface area contributed by atoms with Crippen LogP contribution in [-0.2, 0) is 4.79 Å². The molecule has 0 aliphatic carbocycles. The fourth-order valence-electron chi connectivity index (χ4n) is 1.66. The van der Waals surface area contributed by atoms with Gasteiger partial charge in [-0.2, -0.15) is 0 Å². The van der Waals surface area contributed by atoms with E-state index in [0.717, 1.165) is 12.6 Å². The van der Waals surface area contributed by atoms with Gasteiger partial charge in [0.2, 0.25) is 5.75 Å². The number of carbonyl (C=O) groups excluding carboxylic acids is 1. The first-order chi connectivity index (χ1) is 9.97. The molecule has 0 saturated heterocycles. The van der Waals surface area contributed by atoms with Crippen molar-refractivity contribution >= 4 is 12.0 Å². The number of carboxylic acid groups (broad SMARTS) is 1. The Morgan fingerprint density at radius 1 is 1.24 bits per heavy atom. The summed E-state index contributed by atoms with van der Waals surface area (Å²) in [5, 5.41) is 10.5. The van der Waals surface area contributed by atoms with E-state index in [1.807, 2.05) is 14.1 Å². The van der Waals surface area contributed by atoms with Crippen molar-refractivity contribution in [1.29, 1.82) is 0 Å². The van der Waals surface area contributed by atoms with Crippen LogP contribution in [0, 0.1) is 0 Å². The molecule has 6 heteroatoms. The molecule has 0 saturated carbocycles. The van der Waals surface area contributed by atoms with Gasteiger partial charge in [-0.25, -0.2) is 0 Å². The summed E-state index contributed by atoms with van der Waals surface area (Å²) in [5.41, 5.74) is 0.624. The lowest BCUT2D eigenvalue weighted by Crippen LogP contribution is -3.06. The maximum atomic E-state index is 10.5. The number of carbonyl (C=O) groups is 1. The highest BCUT2D eigenvalue weighted by atomic mass is 16.5. The van der Waals surface area contributed by atoms with E-state index in [1.165, 1.54) is 25.2 Å². The Morgan fingerprint density at radius 2 is 1.81 bits per heavy atom. The van der Waals surface area contributed by atoms with Gasteiger partial charge in [-0.1, -0.05) is 6.08 Å². The Hall–Kier alpha value is -2.21. The Bertz CT molecular complexity index is 486. The SMILES string of the molecule is COc1cc(/C=C/C(=O)[O-])cc(OC)c1OCC[NH+](C)C. The lowest BCUT2D eigenvalue weighted by molar-refractivity contribution is -0.858. The van der Waals surface area contributed by atoms with E-state index in [9.17, 15) is 9.90 Å². The normalized spacial score (nSPS) is 10.9. The van der Waals surface area contributed by atoms with Crippen LogP contribution < -0.4 is 24.2 Å². The zero-order chi connectivity index (χ0) is 15.8. The third-order valence-corrected chi connectivity index (χ3v) is 2.74. The second-order valence-electron chi connectivity index (χ2n) is 4.71. The first kappa shape index (κ1) is 16.8. The summed E-state index contributed by atoms with van der Waals surface area (Å²) in [6.45, 7) is 1.35. The lowest BCUT2D eigenvalue weighted by Gasteiger charge is -2.16. The number of nitrogens with one attached hydrogen (secondary N) is 1. The van der Waals surface area contributed by atoms with Crippen LogP contribution in [0.4, 0.5) is 0 Å². The van der Waals surface area contributed by atoms with Crippen molar-refractivity contribution in [2.24, 2.45) is 0 Å². The van der Waals surface area contributed by atoms with Gasteiger partial charge in [-0.15, -0.1) is 0 Å². The summed E-state index contributed by atoms with van der Waals surface area (Å²) in [5.74, 6) is 0.219. The van der Waals surface area contributed by atoms with Crippen LogP contribution >= 0.6 is 0 Å². The summed E-state index contributed by atoms with van der Waals surface area (Å²) >= 11 is 0. The fourth-order valence-corrected chi connectivity index (χ4v) is 1.66. The molecule has 21 heavy (non-hydrogen) atoms. The van der Waals surface area contributed by atoms with Crippen molar-refractivity contribution in [2.75, 3.05) is 41.5 Å². The van der Waals surface area contributed by atoms with Crippen LogP contribution in [0.25, 0.3) is 6.08 Å². The number of hydrogen-bond acceptors (Lipinski definition) is 5. The minimum Gasteiger partial charge on any atom is -0.545 e. The van der Waals surface area contributed by atoms with Crippen molar-refractivity contribution in [2.45, 2.75) is 0 Å². The summed E-state index contributed by atoms with van der Waals surface area (Å²) in [6, 6.07) is 3.36. The number of likely N-dealkylation sites (N-methyl/N-ethyl adjacent to an activating group) is 1. The first-order valence-corrected chi connectivity index (χ1v) is 6.54. The molecule has 0 unspecified atom stereocenters. The monoisotopic (exact) mass is 295 g/mol. The molecule has 1 aromatic carbocycles. The zero-order valence-electron chi connectivity index (χ0n) is 12.8. The Morgan fingerprint density at radius 3 is 2.24 bits per heavy atom. The maximum absolute atomic E-state index is 10.5. The van der Waals surface area contributed by atoms with E-state index < -0.39 is 5.97 Å². The molecule has 0 bridgehead atoms. The number of aliphatic carboxylic acids is 1. The highest BCUT2D eigenvalue weighted by molar-refractivity contribution is 5.84. The minimum absolute atomic E-state index is 0.487. The quantitative estimate of drug-likeness (QED) is 0.622. The van der Waals surface area contributed by atoms with Gasteiger partial charge in [0.1, 0.15) is 13.2 Å². The largest absolute Gasteiger partial charge is 0.545 e. The maximum Gasteiger partial charge on any atom is 0.203 e. The second-order valence-corrected chi connectivity index (χ2v) is 4.71. The number of carboxylic acids is 1. The molecule has 1 N–H and O–H groups in total. The third kappa shape index (κ3) is 5.35. The van der Waals surface area contributed by atoms with Crippen LogP contribution in [0.15, 0.2) is 18.2 Å². The lowest BCUT2D eigenvalue weighted by atomic mass is 10.1. The Kier molecular flexibility index (Phi) is 6.55. The molecule has 1 rings (SSSR count). The molecular weight excluding hydrogens is 274 g/mol. The van der Waals surface area contributed by atoms with Gasteiger partial charge in [0.05, 0.1) is 34.3 Å². The number of hydrogen-bond donors (Lipinski definition) is 1. The van der Waals surface area contributed by atoms with Crippen LogP contribution in [0.2, 0.25) is 0 Å². The van der Waals surface area contributed by atoms with E-state index in [0.29, 0.717) is 29.4 Å². The molecular formula is C15H21NO5. The topological polar surface area (TPSA) is 72.3 Å². The smallest absolute Gasteiger partial charge is 0.203 e. The van der Waals surface area contributed by atoms with E-state index in [4.69, 9.17) is 14.2 Å². The Balaban J connectivity index is 3.03. The molecule has 0 fully saturated rings. The third-order valence-electron chi connectivity index (χ3n) is 2.74. The molecule has 0 aliphatic heterocycles. The molecule has 0 aromatic heterocycles. The molecule has 0 atom stereocenters. The summed E-state index contributed by atoms with van der Waals surface area (Å²) in [7, 11) is 7.10. The Labute approximate surface area is 124 Å². The van der Waals surface area contributed by atoms with Crippen LogP contribution in [0.3, 0.4) is 0 Å². The highest BCUT2D eigenvalue weighted by Gasteiger charge is 2.13. The number of quaternary nitrogens is 1. The van der Waals surface area contributed by atoms with E-state index in [1.54, 1.807) is 12.1 Å². The molecule has 0 heterocycles. The van der Waals surface area contributed by atoms with Crippen molar-refractivity contribution < 1.29 is 29.0 Å². The first-order valence-electron chi connectivity index (χ1n) is 6.54. The molecule has 116 valence electrons. The van der Waals surface area contributed by atoms with Crippen LogP contribution in [0.5, 0.6) is 17.2 Å². The number of benzene rings is 1. The number of methoxy groups -OCH3 is 2. The van der Waals surface area contributed by atoms with Gasteiger partial charge in [-0.3, -0.25) is 0 Å². The molecule has 6 nitrogen and oxygen atoms in total. The minimum atomic E-state index is -1.26. The summed E-state index contributed by atoms with van der Waals surface area (Å²) in [6.07, 6.45) is 2.36. The number of rotatable bonds is 8. The molecule has 0 amide bonds. The van der Waals surface area contributed by atoms with Crippen molar-refractivity contribution in [3.63, 3.8) is 0 Å². The molecule has 0 aliphatic rings. The summed E-state index contributed by atoms with van der Waals surface area (Å²) < 4.78 is 16.3. The molecule has 0 radical (unpaired) electrons. The summed E-state index contributed by atoms with van der Waals surface area (Å²) in [4.78, 5) is 11.7. The van der Waals surface area contributed by atoms with Crippen molar-refractivity contribution in [1.82, 2.24) is 0 Å².